The molecule has 6 heteroatoms. The lowest BCUT2D eigenvalue weighted by Crippen LogP contribution is -2.30. The molecule has 1 atom stereocenters. The molecule has 0 aliphatic heterocycles. The number of ether oxygens (including phenoxy) is 2. The van der Waals surface area contributed by atoms with Crippen molar-refractivity contribution in [3.8, 4) is 11.5 Å². The zero-order valence-corrected chi connectivity index (χ0v) is 17.0. The second-order valence-corrected chi connectivity index (χ2v) is 7.50. The Morgan fingerprint density at radius 3 is 2.72 bits per heavy atom. The summed E-state index contributed by atoms with van der Waals surface area (Å²) in [4.78, 5) is 28.4. The molecule has 3 rings (SSSR count). The van der Waals surface area contributed by atoms with Gasteiger partial charge in [-0.25, -0.2) is 4.98 Å². The topological polar surface area (TPSA) is 77.5 Å². The van der Waals surface area contributed by atoms with Gasteiger partial charge in [0.15, 0.2) is 23.5 Å². The minimum Gasteiger partial charge on any atom is -0.489 e. The highest BCUT2D eigenvalue weighted by Gasteiger charge is 2.19. The van der Waals surface area contributed by atoms with Crippen LogP contribution in [0.1, 0.15) is 56.3 Å². The zero-order chi connectivity index (χ0) is 20.6. The maximum atomic E-state index is 12.6. The molecule has 1 saturated carbocycles. The van der Waals surface area contributed by atoms with Crippen molar-refractivity contribution in [2.45, 2.75) is 52.1 Å². The maximum Gasteiger partial charge on any atom is 0.266 e. The van der Waals surface area contributed by atoms with Gasteiger partial charge in [0.2, 0.25) is 0 Å². The van der Waals surface area contributed by atoms with Gasteiger partial charge in [-0.3, -0.25) is 9.59 Å². The van der Waals surface area contributed by atoms with Crippen LogP contribution in [0.15, 0.2) is 42.6 Å². The van der Waals surface area contributed by atoms with Gasteiger partial charge in [-0.2, -0.15) is 0 Å². The van der Waals surface area contributed by atoms with Crippen LogP contribution in [0.4, 0.5) is 5.82 Å². The largest absolute Gasteiger partial charge is 0.489 e. The fourth-order valence-corrected chi connectivity index (χ4v) is 3.43. The second kappa shape index (κ2) is 10.0. The molecule has 0 radical (unpaired) electrons. The maximum absolute atomic E-state index is 12.6. The number of hydrogen-bond acceptors (Lipinski definition) is 5. The van der Waals surface area contributed by atoms with E-state index in [0.29, 0.717) is 35.4 Å². The molecule has 1 amide bonds. The Morgan fingerprint density at radius 2 is 1.97 bits per heavy atom. The Hall–Kier alpha value is -2.89. The molecule has 0 bridgehead atoms. The number of Topliss-reactive ketones (excluding diaryl/α,β-unsaturated/α-hetero) is 1. The van der Waals surface area contributed by atoms with Crippen molar-refractivity contribution in [3.63, 3.8) is 0 Å². The summed E-state index contributed by atoms with van der Waals surface area (Å²) in [5.41, 5.74) is 0.540. The third kappa shape index (κ3) is 6.04. The van der Waals surface area contributed by atoms with Crippen LogP contribution < -0.4 is 14.8 Å². The first-order valence-corrected chi connectivity index (χ1v) is 10.2. The lowest BCUT2D eigenvalue weighted by Gasteiger charge is -2.22. The minimum absolute atomic E-state index is 0.0548. The van der Waals surface area contributed by atoms with Crippen LogP contribution in [0.25, 0.3) is 0 Å². The lowest BCUT2D eigenvalue weighted by molar-refractivity contribution is -0.122. The van der Waals surface area contributed by atoms with Crippen LogP contribution in [0, 0.1) is 5.92 Å². The number of carbonyl (C=O) groups excluding carboxylic acids is 2. The SMILES string of the molecule is CC(=O)c1cccc(OC(C)C(=O)Nc2ncccc2OCC2CCCCC2)c1. The van der Waals surface area contributed by atoms with Crippen molar-refractivity contribution >= 4 is 17.5 Å². The summed E-state index contributed by atoms with van der Waals surface area (Å²) in [5.74, 6) is 1.59. The molecule has 1 aromatic heterocycles. The summed E-state index contributed by atoms with van der Waals surface area (Å²) in [7, 11) is 0. The van der Waals surface area contributed by atoms with Gasteiger partial charge < -0.3 is 14.8 Å². The zero-order valence-electron chi connectivity index (χ0n) is 17.0. The van der Waals surface area contributed by atoms with Gasteiger partial charge in [0, 0.05) is 11.8 Å². The van der Waals surface area contributed by atoms with E-state index in [9.17, 15) is 9.59 Å². The Labute approximate surface area is 171 Å². The van der Waals surface area contributed by atoms with Gasteiger partial charge in [0.1, 0.15) is 5.75 Å². The molecule has 2 aromatic rings. The van der Waals surface area contributed by atoms with E-state index in [2.05, 4.69) is 10.3 Å². The Balaban J connectivity index is 1.59. The standard InChI is InChI=1S/C23H28N2O4/c1-16(26)19-10-6-11-20(14-19)29-17(2)23(27)25-22-21(12-7-13-24-22)28-15-18-8-4-3-5-9-18/h6-7,10-14,17-18H,3-5,8-9,15H2,1-2H3,(H,24,25,27). The van der Waals surface area contributed by atoms with Gasteiger partial charge in [-0.1, -0.05) is 31.4 Å². The van der Waals surface area contributed by atoms with Crippen molar-refractivity contribution in [3.05, 3.63) is 48.2 Å². The summed E-state index contributed by atoms with van der Waals surface area (Å²) in [6.07, 6.45) is 7.04. The second-order valence-electron chi connectivity index (χ2n) is 7.50. The molecule has 1 unspecified atom stereocenters. The highest BCUT2D eigenvalue weighted by Crippen LogP contribution is 2.27. The van der Waals surface area contributed by atoms with Crippen molar-refractivity contribution in [1.82, 2.24) is 4.98 Å². The number of nitrogens with one attached hydrogen (secondary N) is 1. The van der Waals surface area contributed by atoms with E-state index < -0.39 is 6.10 Å². The van der Waals surface area contributed by atoms with Crippen molar-refractivity contribution in [1.29, 1.82) is 0 Å². The Kier molecular flexibility index (Phi) is 7.22. The van der Waals surface area contributed by atoms with Crippen LogP contribution in [0.3, 0.4) is 0 Å². The van der Waals surface area contributed by atoms with Crippen LogP contribution in [-0.4, -0.2) is 29.4 Å². The first kappa shape index (κ1) is 20.8. The first-order valence-electron chi connectivity index (χ1n) is 10.2. The van der Waals surface area contributed by atoms with Gasteiger partial charge in [0.05, 0.1) is 6.61 Å². The van der Waals surface area contributed by atoms with Crippen LogP contribution >= 0.6 is 0 Å². The summed E-state index contributed by atoms with van der Waals surface area (Å²) in [6, 6.07) is 10.4. The predicted molar refractivity (Wildman–Crippen MR) is 111 cm³/mol. The molecular formula is C23H28N2O4. The molecule has 0 saturated heterocycles. The number of rotatable bonds is 8. The molecular weight excluding hydrogens is 368 g/mol. The third-order valence-electron chi connectivity index (χ3n) is 5.13. The fourth-order valence-electron chi connectivity index (χ4n) is 3.43. The Bertz CT molecular complexity index is 846. The summed E-state index contributed by atoms with van der Waals surface area (Å²) < 4.78 is 11.7. The lowest BCUT2D eigenvalue weighted by atomic mass is 9.90. The van der Waals surface area contributed by atoms with E-state index in [-0.39, 0.29) is 11.7 Å². The fraction of sp³-hybridized carbons (Fsp3) is 0.435. The van der Waals surface area contributed by atoms with Crippen LogP contribution in [0.2, 0.25) is 0 Å². The van der Waals surface area contributed by atoms with E-state index >= 15 is 0 Å². The molecule has 1 heterocycles. The Morgan fingerprint density at radius 1 is 1.17 bits per heavy atom. The molecule has 29 heavy (non-hydrogen) atoms. The van der Waals surface area contributed by atoms with E-state index in [1.807, 2.05) is 6.07 Å². The van der Waals surface area contributed by atoms with Gasteiger partial charge in [-0.15, -0.1) is 0 Å². The van der Waals surface area contributed by atoms with E-state index in [0.717, 1.165) is 0 Å². The van der Waals surface area contributed by atoms with Crippen molar-refractivity contribution < 1.29 is 19.1 Å². The molecule has 1 aromatic carbocycles. The average molecular weight is 396 g/mol. The highest BCUT2D eigenvalue weighted by atomic mass is 16.5. The van der Waals surface area contributed by atoms with Crippen LogP contribution in [0.5, 0.6) is 11.5 Å². The average Bonchev–Trinajstić information content (AvgIpc) is 2.74. The number of ketones is 1. The van der Waals surface area contributed by atoms with E-state index in [4.69, 9.17) is 9.47 Å². The molecule has 1 aliphatic carbocycles. The molecule has 1 aliphatic rings. The first-order chi connectivity index (χ1) is 14.0. The number of pyridine rings is 1. The third-order valence-corrected chi connectivity index (χ3v) is 5.13. The molecule has 0 spiro atoms. The molecule has 1 fully saturated rings. The number of anilines is 1. The molecule has 1 N–H and O–H groups in total. The number of benzene rings is 1. The normalized spacial score (nSPS) is 15.4. The predicted octanol–water partition coefficient (Wildman–Crippen LogP) is 4.65. The number of amides is 1. The highest BCUT2D eigenvalue weighted by molar-refractivity contribution is 5.95. The van der Waals surface area contributed by atoms with Gasteiger partial charge in [0.25, 0.3) is 5.91 Å². The van der Waals surface area contributed by atoms with E-state index in [1.54, 1.807) is 43.5 Å². The molecule has 154 valence electrons. The van der Waals surface area contributed by atoms with Gasteiger partial charge in [-0.05, 0) is 56.9 Å². The minimum atomic E-state index is -0.759. The number of aromatic nitrogens is 1. The van der Waals surface area contributed by atoms with Gasteiger partial charge >= 0.3 is 0 Å². The number of hydrogen-bond donors (Lipinski definition) is 1. The van der Waals surface area contributed by atoms with Crippen molar-refractivity contribution in [2.75, 3.05) is 11.9 Å². The van der Waals surface area contributed by atoms with E-state index in [1.165, 1.54) is 39.0 Å². The van der Waals surface area contributed by atoms with Crippen molar-refractivity contribution in [2.24, 2.45) is 5.92 Å². The van der Waals surface area contributed by atoms with Crippen LogP contribution in [-0.2, 0) is 4.79 Å². The summed E-state index contributed by atoms with van der Waals surface area (Å²) in [5, 5.41) is 2.79. The molecule has 6 nitrogen and oxygen atoms in total. The smallest absolute Gasteiger partial charge is 0.266 e. The summed E-state index contributed by atoms with van der Waals surface area (Å²) >= 11 is 0. The number of nitrogens with zero attached hydrogens (tertiary/aromatic N) is 1. The monoisotopic (exact) mass is 396 g/mol. The number of carbonyl (C=O) groups is 2. The summed E-state index contributed by atoms with van der Waals surface area (Å²) in [6.45, 7) is 3.78. The quantitative estimate of drug-likeness (QED) is 0.657.